The van der Waals surface area contributed by atoms with Crippen LogP contribution >= 0.6 is 0 Å². The zero-order valence-electron chi connectivity index (χ0n) is 18.2. The second-order valence-electron chi connectivity index (χ2n) is 7.40. The number of para-hydroxylation sites is 1. The molecule has 162 valence electrons. The number of aryl methyl sites for hydroxylation is 1. The molecule has 0 spiro atoms. The lowest BCUT2D eigenvalue weighted by atomic mass is 10.1. The highest BCUT2D eigenvalue weighted by Crippen LogP contribution is 2.26. The van der Waals surface area contributed by atoms with Gasteiger partial charge in [-0.15, -0.1) is 0 Å². The maximum atomic E-state index is 13.2. The Kier molecular flexibility index (Phi) is 5.98. The molecule has 0 bridgehead atoms. The quantitative estimate of drug-likeness (QED) is 0.427. The number of amides is 1. The van der Waals surface area contributed by atoms with Gasteiger partial charge >= 0.3 is 5.97 Å². The third kappa shape index (κ3) is 4.09. The van der Waals surface area contributed by atoms with Gasteiger partial charge in [-0.25, -0.2) is 14.5 Å². The average molecular weight is 428 g/mol. The van der Waals surface area contributed by atoms with Crippen LogP contribution in [0.3, 0.4) is 0 Å². The van der Waals surface area contributed by atoms with Gasteiger partial charge in [-0.05, 0) is 32.0 Å². The summed E-state index contributed by atoms with van der Waals surface area (Å²) in [6, 6.07) is 20.5. The lowest BCUT2D eigenvalue weighted by Crippen LogP contribution is -2.37. The Morgan fingerprint density at radius 1 is 1.06 bits per heavy atom. The first-order valence-electron chi connectivity index (χ1n) is 10.4. The first-order valence-corrected chi connectivity index (χ1v) is 10.4. The van der Waals surface area contributed by atoms with E-state index >= 15 is 0 Å². The molecule has 1 atom stereocenters. The van der Waals surface area contributed by atoms with Gasteiger partial charge in [-0.2, -0.15) is 5.10 Å². The van der Waals surface area contributed by atoms with Gasteiger partial charge in [-0.3, -0.25) is 4.79 Å². The highest BCUT2D eigenvalue weighted by molar-refractivity contribution is 6.05. The molecule has 2 heterocycles. The summed E-state index contributed by atoms with van der Waals surface area (Å²) < 4.78 is 7.32. The zero-order valence-corrected chi connectivity index (χ0v) is 18.2. The molecule has 0 aliphatic heterocycles. The zero-order chi connectivity index (χ0) is 22.7. The summed E-state index contributed by atoms with van der Waals surface area (Å²) in [6.45, 7) is 4.15. The van der Waals surface area contributed by atoms with E-state index in [1.165, 1.54) is 4.90 Å². The topological polar surface area (TPSA) is 77.3 Å². The number of carbonyl (C=O) groups is 2. The fraction of sp³-hybridized carbons (Fsp3) is 0.200. The number of likely N-dealkylation sites (N-methyl/N-ethyl adjacent to an activating group) is 1. The number of pyridine rings is 1. The third-order valence-electron chi connectivity index (χ3n) is 5.30. The first kappa shape index (κ1) is 21.2. The van der Waals surface area contributed by atoms with Crippen molar-refractivity contribution in [3.63, 3.8) is 0 Å². The second-order valence-corrected chi connectivity index (χ2v) is 7.40. The molecular formula is C25H24N4O3. The van der Waals surface area contributed by atoms with E-state index in [-0.39, 0.29) is 5.91 Å². The molecule has 4 aromatic rings. The Bertz CT molecular complexity index is 1250. The molecule has 0 saturated heterocycles. The maximum Gasteiger partial charge on any atom is 0.339 e. The van der Waals surface area contributed by atoms with E-state index in [0.717, 1.165) is 11.3 Å². The minimum Gasteiger partial charge on any atom is -0.449 e. The van der Waals surface area contributed by atoms with Crippen LogP contribution in [0, 0.1) is 0 Å². The van der Waals surface area contributed by atoms with Crippen molar-refractivity contribution in [3.05, 3.63) is 78.5 Å². The van der Waals surface area contributed by atoms with E-state index in [1.807, 2.05) is 67.6 Å². The van der Waals surface area contributed by atoms with E-state index < -0.39 is 12.1 Å². The molecule has 2 aromatic heterocycles. The average Bonchev–Trinajstić information content (AvgIpc) is 3.26. The smallest absolute Gasteiger partial charge is 0.339 e. The molecule has 2 aromatic carbocycles. The van der Waals surface area contributed by atoms with E-state index in [2.05, 4.69) is 5.10 Å². The lowest BCUT2D eigenvalue weighted by Gasteiger charge is -2.21. The van der Waals surface area contributed by atoms with E-state index in [0.29, 0.717) is 28.8 Å². The Hall–Kier alpha value is -4.00. The lowest BCUT2D eigenvalue weighted by molar-refractivity contribution is -0.126. The molecule has 7 heteroatoms. The fourth-order valence-electron chi connectivity index (χ4n) is 3.53. The van der Waals surface area contributed by atoms with Crippen molar-refractivity contribution in [2.45, 2.75) is 26.5 Å². The molecule has 0 saturated carbocycles. The van der Waals surface area contributed by atoms with Crippen LogP contribution in [0.25, 0.3) is 22.3 Å². The predicted octanol–water partition coefficient (Wildman–Crippen LogP) is 4.33. The van der Waals surface area contributed by atoms with Gasteiger partial charge in [0.15, 0.2) is 11.8 Å². The molecule has 1 unspecified atom stereocenters. The number of benzene rings is 2. The van der Waals surface area contributed by atoms with Crippen LogP contribution in [0.2, 0.25) is 0 Å². The molecule has 0 fully saturated rings. The summed E-state index contributed by atoms with van der Waals surface area (Å²) in [5, 5.41) is 4.94. The summed E-state index contributed by atoms with van der Waals surface area (Å²) >= 11 is 0. The molecule has 0 aliphatic rings. The van der Waals surface area contributed by atoms with Crippen LogP contribution in [0.1, 0.15) is 24.2 Å². The van der Waals surface area contributed by atoms with Crippen molar-refractivity contribution >= 4 is 28.6 Å². The third-order valence-corrected chi connectivity index (χ3v) is 5.30. The van der Waals surface area contributed by atoms with Gasteiger partial charge in [-0.1, -0.05) is 48.5 Å². The second kappa shape index (κ2) is 9.01. The van der Waals surface area contributed by atoms with Crippen LogP contribution in [-0.4, -0.2) is 39.8 Å². The van der Waals surface area contributed by atoms with Gasteiger partial charge in [0.1, 0.15) is 0 Å². The molecule has 7 nitrogen and oxygen atoms in total. The van der Waals surface area contributed by atoms with Crippen LogP contribution in [0.5, 0.6) is 0 Å². The highest BCUT2D eigenvalue weighted by atomic mass is 16.5. The van der Waals surface area contributed by atoms with Crippen molar-refractivity contribution < 1.29 is 14.3 Å². The summed E-state index contributed by atoms with van der Waals surface area (Å²) in [5.74, 6) is -0.907. The maximum absolute atomic E-state index is 13.2. The van der Waals surface area contributed by atoms with Crippen molar-refractivity contribution in [1.29, 1.82) is 0 Å². The van der Waals surface area contributed by atoms with Crippen molar-refractivity contribution in [2.24, 2.45) is 0 Å². The summed E-state index contributed by atoms with van der Waals surface area (Å²) in [6.07, 6.45) is 0.650. The first-order chi connectivity index (χ1) is 15.5. The molecule has 0 N–H and O–H groups in total. The standard InChI is InChI=1S/C25H24N4O3/c1-4-29-23-21(16-26-29)20(15-22(27-23)18-11-7-5-8-12-18)25(31)32-17(2)24(30)28(3)19-13-9-6-10-14-19/h5-17H,4H2,1-3H3. The number of carbonyl (C=O) groups excluding carboxylic acids is 2. The Balaban J connectivity index is 1.65. The Morgan fingerprint density at radius 3 is 2.38 bits per heavy atom. The number of ether oxygens (including phenoxy) is 1. The summed E-state index contributed by atoms with van der Waals surface area (Å²) in [4.78, 5) is 32.2. The number of hydrogen-bond acceptors (Lipinski definition) is 5. The normalized spacial score (nSPS) is 11.8. The largest absolute Gasteiger partial charge is 0.449 e. The number of rotatable bonds is 6. The van der Waals surface area contributed by atoms with Crippen LogP contribution in [0.4, 0.5) is 5.69 Å². The van der Waals surface area contributed by atoms with Crippen molar-refractivity contribution in [3.8, 4) is 11.3 Å². The fourth-order valence-corrected chi connectivity index (χ4v) is 3.53. The number of esters is 1. The van der Waals surface area contributed by atoms with E-state index in [4.69, 9.17) is 9.72 Å². The molecule has 4 rings (SSSR count). The van der Waals surface area contributed by atoms with E-state index in [9.17, 15) is 9.59 Å². The molecular weight excluding hydrogens is 404 g/mol. The number of anilines is 1. The molecule has 1 amide bonds. The summed E-state index contributed by atoms with van der Waals surface area (Å²) in [5.41, 5.74) is 3.17. The number of nitrogens with zero attached hydrogens (tertiary/aromatic N) is 4. The highest BCUT2D eigenvalue weighted by Gasteiger charge is 2.25. The van der Waals surface area contributed by atoms with Crippen LogP contribution < -0.4 is 4.90 Å². The SMILES string of the molecule is CCn1ncc2c(C(=O)OC(C)C(=O)N(C)c3ccccc3)cc(-c3ccccc3)nc21. The van der Waals surface area contributed by atoms with E-state index in [1.54, 1.807) is 30.9 Å². The number of aromatic nitrogens is 3. The van der Waals surface area contributed by atoms with Gasteiger partial charge in [0.25, 0.3) is 5.91 Å². The van der Waals surface area contributed by atoms with Crippen molar-refractivity contribution in [1.82, 2.24) is 14.8 Å². The molecule has 0 radical (unpaired) electrons. The Morgan fingerprint density at radius 2 is 1.72 bits per heavy atom. The van der Waals surface area contributed by atoms with Gasteiger partial charge in [0.2, 0.25) is 0 Å². The number of fused-ring (bicyclic) bond motifs is 1. The van der Waals surface area contributed by atoms with Crippen LogP contribution in [-0.2, 0) is 16.1 Å². The van der Waals surface area contributed by atoms with Gasteiger partial charge < -0.3 is 9.64 Å². The van der Waals surface area contributed by atoms with Gasteiger partial charge in [0.05, 0.1) is 22.8 Å². The Labute approximate surface area is 186 Å². The van der Waals surface area contributed by atoms with Crippen LogP contribution in [0.15, 0.2) is 72.9 Å². The molecule has 0 aliphatic carbocycles. The van der Waals surface area contributed by atoms with Gasteiger partial charge in [0, 0.05) is 24.8 Å². The predicted molar refractivity (Wildman–Crippen MR) is 123 cm³/mol. The summed E-state index contributed by atoms with van der Waals surface area (Å²) in [7, 11) is 1.66. The molecule has 32 heavy (non-hydrogen) atoms. The number of hydrogen-bond donors (Lipinski definition) is 0. The minimum atomic E-state index is -0.961. The minimum absolute atomic E-state index is 0.317. The van der Waals surface area contributed by atoms with Crippen molar-refractivity contribution in [2.75, 3.05) is 11.9 Å². The monoisotopic (exact) mass is 428 g/mol.